The van der Waals surface area contributed by atoms with E-state index in [0.717, 1.165) is 22.7 Å². The van der Waals surface area contributed by atoms with Crippen molar-refractivity contribution < 1.29 is 13.3 Å². The van der Waals surface area contributed by atoms with Crippen LogP contribution in [-0.2, 0) is 16.6 Å². The van der Waals surface area contributed by atoms with Gasteiger partial charge in [0, 0.05) is 12.1 Å². The summed E-state index contributed by atoms with van der Waals surface area (Å²) in [5.74, 6) is 2.44. The molecule has 122 valence electrons. The lowest BCUT2D eigenvalue weighted by atomic mass is 10.3. The Hall–Kier alpha value is -2.48. The van der Waals surface area contributed by atoms with E-state index in [1.54, 1.807) is 16.0 Å². The lowest BCUT2D eigenvalue weighted by Gasteiger charge is -1.99. The molecular weight excluding hydrogens is 370 g/mol. The van der Waals surface area contributed by atoms with Crippen molar-refractivity contribution in [2.45, 2.75) is 10.8 Å². The van der Waals surface area contributed by atoms with Crippen LogP contribution in [0.2, 0.25) is 0 Å². The van der Waals surface area contributed by atoms with Gasteiger partial charge < -0.3 is 4.57 Å². The molecule has 0 aliphatic carbocycles. The van der Waals surface area contributed by atoms with E-state index in [1.165, 1.54) is 24.3 Å². The second-order valence-corrected chi connectivity index (χ2v) is 8.37. The van der Waals surface area contributed by atoms with Gasteiger partial charge in [-0.3, -0.25) is 10.1 Å². The quantitative estimate of drug-likeness (QED) is 0.395. The number of thiazole rings is 1. The summed E-state index contributed by atoms with van der Waals surface area (Å²) in [6.07, 6.45) is 5.35. The number of hydrogen-bond acceptors (Lipinski definition) is 6. The molecular formula is C14H9N3O4S3. The summed E-state index contributed by atoms with van der Waals surface area (Å²) in [6, 6.07) is 7.35. The molecule has 0 saturated heterocycles. The molecule has 0 radical (unpaired) electrons. The van der Waals surface area contributed by atoms with E-state index in [4.69, 9.17) is 6.42 Å². The lowest BCUT2D eigenvalue weighted by Crippen LogP contribution is -2.16. The average Bonchev–Trinajstić information content (AvgIpc) is 3.16. The van der Waals surface area contributed by atoms with Gasteiger partial charge in [-0.15, -0.1) is 22.2 Å². The van der Waals surface area contributed by atoms with Crippen LogP contribution in [0.1, 0.15) is 0 Å². The Morgan fingerprint density at radius 1 is 1.38 bits per heavy atom. The van der Waals surface area contributed by atoms with Crippen molar-refractivity contribution in [2.75, 3.05) is 0 Å². The third-order valence-electron chi connectivity index (χ3n) is 3.07. The van der Waals surface area contributed by atoms with Crippen molar-refractivity contribution in [1.82, 2.24) is 4.57 Å². The average molecular weight is 379 g/mol. The molecule has 0 spiro atoms. The summed E-state index contributed by atoms with van der Waals surface area (Å²) in [5, 5.41) is 12.5. The molecule has 0 aliphatic heterocycles. The molecule has 0 amide bonds. The Morgan fingerprint density at radius 3 is 2.79 bits per heavy atom. The van der Waals surface area contributed by atoms with Gasteiger partial charge in [0.15, 0.2) is 0 Å². The second-order valence-electron chi connectivity index (χ2n) is 4.58. The van der Waals surface area contributed by atoms with Gasteiger partial charge in [-0.2, -0.15) is 8.42 Å². The topological polar surface area (TPSA) is 94.6 Å². The predicted molar refractivity (Wildman–Crippen MR) is 92.4 cm³/mol. The number of nitro groups is 1. The zero-order valence-electron chi connectivity index (χ0n) is 11.9. The molecule has 0 unspecified atom stereocenters. The number of aromatic nitrogens is 1. The predicted octanol–water partition coefficient (Wildman–Crippen LogP) is 2.60. The van der Waals surface area contributed by atoms with E-state index in [9.17, 15) is 18.5 Å². The van der Waals surface area contributed by atoms with Crippen molar-refractivity contribution >= 4 is 48.6 Å². The molecule has 0 N–H and O–H groups in total. The number of benzene rings is 1. The minimum Gasteiger partial charge on any atom is -0.304 e. The van der Waals surface area contributed by atoms with E-state index < -0.39 is 14.9 Å². The van der Waals surface area contributed by atoms with Gasteiger partial charge in [-0.05, 0) is 17.5 Å². The van der Waals surface area contributed by atoms with Crippen LogP contribution in [0, 0.1) is 22.5 Å². The van der Waals surface area contributed by atoms with E-state index in [-0.39, 0.29) is 21.2 Å². The van der Waals surface area contributed by atoms with Crippen LogP contribution in [0.4, 0.5) is 5.69 Å². The van der Waals surface area contributed by atoms with Crippen LogP contribution in [0.15, 0.2) is 44.3 Å². The zero-order chi connectivity index (χ0) is 17.3. The maximum Gasteiger partial charge on any atom is 0.294 e. The van der Waals surface area contributed by atoms with Crippen molar-refractivity contribution in [3.63, 3.8) is 0 Å². The summed E-state index contributed by atoms with van der Waals surface area (Å²) in [4.78, 5) is 10.6. The number of hydrogen-bond donors (Lipinski definition) is 0. The Kier molecular flexibility index (Phi) is 4.23. The fraction of sp³-hybridized carbons (Fsp3) is 0.0714. The molecule has 0 saturated carbocycles. The number of sulfonamides is 1. The fourth-order valence-electron chi connectivity index (χ4n) is 2.05. The molecule has 1 aromatic carbocycles. The largest absolute Gasteiger partial charge is 0.304 e. The number of non-ortho nitro benzene ring substituents is 1. The van der Waals surface area contributed by atoms with Crippen molar-refractivity contribution in [2.24, 2.45) is 4.40 Å². The maximum absolute atomic E-state index is 12.3. The summed E-state index contributed by atoms with van der Waals surface area (Å²) in [5.41, 5.74) is 0.521. The molecule has 3 rings (SSSR count). The van der Waals surface area contributed by atoms with E-state index in [0.29, 0.717) is 10.2 Å². The number of thiophene rings is 1. The van der Waals surface area contributed by atoms with Gasteiger partial charge in [0.05, 0.1) is 21.7 Å². The first kappa shape index (κ1) is 16.4. The molecule has 0 aliphatic rings. The van der Waals surface area contributed by atoms with Gasteiger partial charge in [-0.25, -0.2) is 0 Å². The van der Waals surface area contributed by atoms with Crippen LogP contribution in [0.5, 0.6) is 0 Å². The number of fused-ring (bicyclic) bond motifs is 1. The molecule has 2 aromatic heterocycles. The fourth-order valence-corrected chi connectivity index (χ4v) is 5.28. The Morgan fingerprint density at radius 2 is 2.17 bits per heavy atom. The number of terminal acetylenes is 1. The highest BCUT2D eigenvalue weighted by Crippen LogP contribution is 2.24. The van der Waals surface area contributed by atoms with E-state index in [2.05, 4.69) is 10.3 Å². The summed E-state index contributed by atoms with van der Waals surface area (Å²) in [6.45, 7) is 0.108. The molecule has 24 heavy (non-hydrogen) atoms. The summed E-state index contributed by atoms with van der Waals surface area (Å²) < 4.78 is 30.8. The smallest absolute Gasteiger partial charge is 0.294 e. The van der Waals surface area contributed by atoms with Gasteiger partial charge in [0.2, 0.25) is 4.80 Å². The molecule has 7 nitrogen and oxygen atoms in total. The van der Waals surface area contributed by atoms with E-state index in [1.807, 2.05) is 0 Å². The van der Waals surface area contributed by atoms with Crippen LogP contribution in [0.3, 0.4) is 0 Å². The molecule has 0 atom stereocenters. The van der Waals surface area contributed by atoms with Crippen molar-refractivity contribution in [3.05, 3.63) is 50.6 Å². The van der Waals surface area contributed by atoms with Crippen LogP contribution in [0.25, 0.3) is 10.2 Å². The summed E-state index contributed by atoms with van der Waals surface area (Å²) >= 11 is 2.11. The number of nitro benzene ring substituents is 1. The number of nitrogens with zero attached hydrogens (tertiary/aromatic N) is 3. The van der Waals surface area contributed by atoms with Gasteiger partial charge in [-0.1, -0.05) is 23.3 Å². The molecule has 0 fully saturated rings. The monoisotopic (exact) mass is 379 g/mol. The molecule has 3 aromatic rings. The van der Waals surface area contributed by atoms with Gasteiger partial charge >= 0.3 is 0 Å². The second kappa shape index (κ2) is 6.20. The number of rotatable bonds is 4. The van der Waals surface area contributed by atoms with Gasteiger partial charge in [0.1, 0.15) is 4.21 Å². The third-order valence-corrected chi connectivity index (χ3v) is 6.87. The highest BCUT2D eigenvalue weighted by atomic mass is 32.2. The molecule has 2 heterocycles. The van der Waals surface area contributed by atoms with Crippen LogP contribution in [-0.4, -0.2) is 17.9 Å². The molecule has 10 heteroatoms. The Labute approximate surface area is 144 Å². The van der Waals surface area contributed by atoms with Crippen molar-refractivity contribution in [3.8, 4) is 12.3 Å². The SMILES string of the molecule is C#CCn1c(=NS(=O)(=O)c2cccs2)sc2cc([N+](=O)[O-])ccc21. The Balaban J connectivity index is 2.27. The maximum atomic E-state index is 12.3. The summed E-state index contributed by atoms with van der Waals surface area (Å²) in [7, 11) is -3.85. The van der Waals surface area contributed by atoms with Crippen LogP contribution >= 0.6 is 22.7 Å². The first-order valence-electron chi connectivity index (χ1n) is 6.48. The minimum absolute atomic E-state index is 0.0794. The normalized spacial score (nSPS) is 12.4. The highest BCUT2D eigenvalue weighted by Gasteiger charge is 2.16. The third kappa shape index (κ3) is 2.96. The highest BCUT2D eigenvalue weighted by molar-refractivity contribution is 7.92. The molecule has 0 bridgehead atoms. The van der Waals surface area contributed by atoms with Crippen LogP contribution < -0.4 is 4.80 Å². The first-order valence-corrected chi connectivity index (χ1v) is 9.62. The standard InChI is InChI=1S/C14H9N3O4S3/c1-2-7-16-11-6-5-10(17(18)19)9-12(11)23-14(16)15-24(20,21)13-4-3-8-22-13/h1,3-6,8-9H,7H2. The lowest BCUT2D eigenvalue weighted by molar-refractivity contribution is -0.384. The first-order chi connectivity index (χ1) is 11.4. The zero-order valence-corrected chi connectivity index (χ0v) is 14.4. The van der Waals surface area contributed by atoms with Gasteiger partial charge in [0.25, 0.3) is 15.7 Å². The Bertz CT molecular complexity index is 1130. The van der Waals surface area contributed by atoms with E-state index >= 15 is 0 Å². The minimum atomic E-state index is -3.85. The van der Waals surface area contributed by atoms with Crippen molar-refractivity contribution in [1.29, 1.82) is 0 Å².